The van der Waals surface area contributed by atoms with Crippen LogP contribution < -0.4 is 4.74 Å². The van der Waals surface area contributed by atoms with Gasteiger partial charge in [0, 0.05) is 25.4 Å². The first kappa shape index (κ1) is 30.1. The van der Waals surface area contributed by atoms with Gasteiger partial charge in [-0.05, 0) is 104 Å². The van der Waals surface area contributed by atoms with E-state index in [4.69, 9.17) is 4.74 Å². The highest BCUT2D eigenvalue weighted by Crippen LogP contribution is 2.60. The molecule has 6 heteroatoms. The molecule has 2 unspecified atom stereocenters. The zero-order valence-electron chi connectivity index (χ0n) is 25.3. The van der Waals surface area contributed by atoms with Crippen molar-refractivity contribution in [2.75, 3.05) is 7.11 Å². The van der Waals surface area contributed by atoms with Crippen molar-refractivity contribution < 1.29 is 24.9 Å². The molecule has 224 valence electrons. The molecule has 1 aromatic rings. The summed E-state index contributed by atoms with van der Waals surface area (Å²) >= 11 is 0. The van der Waals surface area contributed by atoms with Gasteiger partial charge in [0.15, 0.2) is 0 Å². The average molecular weight is 564 g/mol. The van der Waals surface area contributed by atoms with Crippen molar-refractivity contribution in [1.82, 2.24) is 4.90 Å². The molecule has 1 aliphatic heterocycles. The molecule has 0 bridgehead atoms. The Labute approximate surface area is 245 Å². The van der Waals surface area contributed by atoms with Gasteiger partial charge in [0.05, 0.1) is 19.3 Å². The van der Waals surface area contributed by atoms with Crippen molar-refractivity contribution in [3.63, 3.8) is 0 Å². The van der Waals surface area contributed by atoms with E-state index in [-0.39, 0.29) is 17.4 Å². The van der Waals surface area contributed by atoms with E-state index in [9.17, 15) is 20.1 Å². The number of allylic oxidation sites excluding steroid dienone is 3. The van der Waals surface area contributed by atoms with Crippen LogP contribution in [0.1, 0.15) is 84.1 Å². The van der Waals surface area contributed by atoms with Crippen LogP contribution in [-0.4, -0.2) is 57.1 Å². The van der Waals surface area contributed by atoms with Crippen LogP contribution in [-0.2, 0) is 11.3 Å². The van der Waals surface area contributed by atoms with Crippen molar-refractivity contribution in [3.05, 3.63) is 65.3 Å². The summed E-state index contributed by atoms with van der Waals surface area (Å²) in [4.78, 5) is 15.2. The predicted molar refractivity (Wildman–Crippen MR) is 161 cm³/mol. The number of carbonyl (C=O) groups excluding carboxylic acids is 1. The van der Waals surface area contributed by atoms with Crippen LogP contribution in [0.25, 0.3) is 0 Å². The summed E-state index contributed by atoms with van der Waals surface area (Å²) in [6.45, 7) is 11.1. The minimum Gasteiger partial charge on any atom is -0.497 e. The van der Waals surface area contributed by atoms with Crippen molar-refractivity contribution in [2.24, 2.45) is 23.2 Å². The summed E-state index contributed by atoms with van der Waals surface area (Å²) < 4.78 is 5.29. The molecule has 8 atom stereocenters. The summed E-state index contributed by atoms with van der Waals surface area (Å²) in [6.07, 6.45) is 11.3. The molecule has 1 saturated heterocycles. The third-order valence-electron chi connectivity index (χ3n) is 10.9. The number of methoxy groups -OCH3 is 1. The van der Waals surface area contributed by atoms with E-state index in [1.54, 1.807) is 14.0 Å². The first-order valence-corrected chi connectivity index (χ1v) is 15.5. The van der Waals surface area contributed by atoms with Crippen LogP contribution in [0.4, 0.5) is 0 Å². The topological polar surface area (TPSA) is 90.2 Å². The first-order valence-electron chi connectivity index (χ1n) is 15.5. The fourth-order valence-electron chi connectivity index (χ4n) is 8.74. The Morgan fingerprint density at radius 2 is 1.90 bits per heavy atom. The number of rotatable bonds is 7. The second-order valence-electron chi connectivity index (χ2n) is 13.8. The molecular formula is C35H49NO5. The van der Waals surface area contributed by atoms with E-state index in [0.717, 1.165) is 41.7 Å². The largest absolute Gasteiger partial charge is 0.497 e. The van der Waals surface area contributed by atoms with Gasteiger partial charge >= 0.3 is 0 Å². The first-order chi connectivity index (χ1) is 19.4. The van der Waals surface area contributed by atoms with Gasteiger partial charge in [-0.15, -0.1) is 0 Å². The van der Waals surface area contributed by atoms with E-state index in [1.165, 1.54) is 24.8 Å². The van der Waals surface area contributed by atoms with Gasteiger partial charge < -0.3 is 25.0 Å². The van der Waals surface area contributed by atoms with E-state index in [1.807, 2.05) is 29.2 Å². The fraction of sp³-hybridized carbons (Fsp3) is 0.629. The lowest BCUT2D eigenvalue weighted by Crippen LogP contribution is -2.40. The Bertz CT molecular complexity index is 1200. The Balaban J connectivity index is 1.30. The van der Waals surface area contributed by atoms with Gasteiger partial charge in [-0.2, -0.15) is 0 Å². The normalized spacial score (nSPS) is 38.5. The molecule has 5 rings (SSSR count). The number of ether oxygens (including phenoxy) is 1. The number of fused-ring (bicyclic) bond motifs is 1. The highest BCUT2D eigenvalue weighted by atomic mass is 16.5. The number of amides is 1. The van der Waals surface area contributed by atoms with Gasteiger partial charge in [0.1, 0.15) is 11.4 Å². The molecule has 6 nitrogen and oxygen atoms in total. The van der Waals surface area contributed by atoms with Gasteiger partial charge in [0.2, 0.25) is 0 Å². The maximum absolute atomic E-state index is 13.3. The number of benzene rings is 1. The van der Waals surface area contributed by atoms with Gasteiger partial charge in [-0.1, -0.05) is 50.3 Å². The van der Waals surface area contributed by atoms with Gasteiger partial charge in [-0.25, -0.2) is 0 Å². The molecule has 0 radical (unpaired) electrons. The quantitative estimate of drug-likeness (QED) is 0.395. The van der Waals surface area contributed by atoms with E-state index >= 15 is 0 Å². The van der Waals surface area contributed by atoms with Gasteiger partial charge in [0.25, 0.3) is 5.91 Å². The molecule has 3 aliphatic carbocycles. The lowest BCUT2D eigenvalue weighted by Gasteiger charge is -2.45. The molecule has 4 aliphatic rings. The molecule has 0 spiro atoms. The summed E-state index contributed by atoms with van der Waals surface area (Å²) in [5.74, 6) is 2.13. The summed E-state index contributed by atoms with van der Waals surface area (Å²) in [5.41, 5.74) is 3.12. The standard InChI is InChI=1S/C35H49NO5/c1-22(17-27-20-35(4,40)33(39)36(27)21-24-8-12-29(41-5)13-9-24)30-14-15-31-25(7-6-16-34(30,31)3)10-11-26-18-28(37)19-32(38)23(26)2/h8-13,22,27-28,30-32,37-38,40H,2,6-7,14-21H2,1,3-5H3/t22-,27?,28-,30-,31+,32+,34-,35?/m1/s1. The lowest BCUT2D eigenvalue weighted by atomic mass is 9.60. The third kappa shape index (κ3) is 5.93. The number of aliphatic hydroxyl groups is 3. The molecule has 41 heavy (non-hydrogen) atoms. The van der Waals surface area contributed by atoms with Crippen LogP contribution >= 0.6 is 0 Å². The maximum atomic E-state index is 13.3. The Kier molecular flexibility index (Phi) is 8.58. The monoisotopic (exact) mass is 563 g/mol. The number of hydrogen-bond donors (Lipinski definition) is 3. The van der Waals surface area contributed by atoms with Crippen LogP contribution in [0.5, 0.6) is 5.75 Å². The molecule has 1 aromatic carbocycles. The molecule has 1 amide bonds. The van der Waals surface area contributed by atoms with Crippen LogP contribution in [0, 0.1) is 23.2 Å². The van der Waals surface area contributed by atoms with Crippen LogP contribution in [0.2, 0.25) is 0 Å². The highest BCUT2D eigenvalue weighted by Gasteiger charge is 2.53. The fourth-order valence-corrected chi connectivity index (χ4v) is 8.74. The molecule has 1 heterocycles. The molecule has 3 N–H and O–H groups in total. The SMILES string of the molecule is C=C1C(=CC=C2CCC[C@]3(C)[C@@H]([C@H](C)CC4CC(C)(O)C(=O)N4Cc4ccc(OC)cc4)CC[C@@H]23)C[C@@H](O)C[C@@H]1O. The second-order valence-corrected chi connectivity index (χ2v) is 13.8. The Hall–Kier alpha value is -2.41. The third-order valence-corrected chi connectivity index (χ3v) is 10.9. The average Bonchev–Trinajstić information content (AvgIpc) is 3.39. The molecule has 3 saturated carbocycles. The van der Waals surface area contributed by atoms with Crippen molar-refractivity contribution >= 4 is 5.91 Å². The highest BCUT2D eigenvalue weighted by molar-refractivity contribution is 5.87. The zero-order chi connectivity index (χ0) is 29.5. The number of likely N-dealkylation sites (tertiary alicyclic amines) is 1. The lowest BCUT2D eigenvalue weighted by molar-refractivity contribution is -0.142. The van der Waals surface area contributed by atoms with E-state index in [0.29, 0.717) is 43.6 Å². The second kappa shape index (κ2) is 11.7. The molecular weight excluding hydrogens is 514 g/mol. The minimum absolute atomic E-state index is 0.00996. The number of aliphatic hydroxyl groups excluding tert-OH is 2. The maximum Gasteiger partial charge on any atom is 0.254 e. The van der Waals surface area contributed by atoms with Gasteiger partial charge in [-0.3, -0.25) is 4.79 Å². The number of hydrogen-bond acceptors (Lipinski definition) is 5. The number of nitrogens with zero attached hydrogens (tertiary/aromatic N) is 1. The van der Waals surface area contributed by atoms with Crippen LogP contribution in [0.3, 0.4) is 0 Å². The van der Waals surface area contributed by atoms with Crippen molar-refractivity contribution in [1.29, 1.82) is 0 Å². The van der Waals surface area contributed by atoms with Crippen molar-refractivity contribution in [3.8, 4) is 5.75 Å². The van der Waals surface area contributed by atoms with Crippen molar-refractivity contribution in [2.45, 2.75) is 109 Å². The van der Waals surface area contributed by atoms with E-state index in [2.05, 4.69) is 32.6 Å². The smallest absolute Gasteiger partial charge is 0.254 e. The predicted octanol–water partition coefficient (Wildman–Crippen LogP) is 5.71. The number of carbonyl (C=O) groups is 1. The molecule has 4 fully saturated rings. The zero-order valence-corrected chi connectivity index (χ0v) is 25.3. The summed E-state index contributed by atoms with van der Waals surface area (Å²) in [5, 5.41) is 31.4. The summed E-state index contributed by atoms with van der Waals surface area (Å²) in [6, 6.07) is 7.85. The minimum atomic E-state index is -1.32. The Morgan fingerprint density at radius 1 is 1.17 bits per heavy atom. The Morgan fingerprint density at radius 3 is 2.61 bits per heavy atom. The molecule has 0 aromatic heterocycles. The summed E-state index contributed by atoms with van der Waals surface area (Å²) in [7, 11) is 1.65. The van der Waals surface area contributed by atoms with E-state index < -0.39 is 17.8 Å². The van der Waals surface area contributed by atoms with Crippen LogP contribution in [0.15, 0.2) is 59.7 Å².